The van der Waals surface area contributed by atoms with Crippen molar-refractivity contribution in [2.45, 2.75) is 63.6 Å². The van der Waals surface area contributed by atoms with Crippen molar-refractivity contribution in [2.24, 2.45) is 0 Å². The lowest BCUT2D eigenvalue weighted by atomic mass is 9.91. The van der Waals surface area contributed by atoms with E-state index in [4.69, 9.17) is 0 Å². The van der Waals surface area contributed by atoms with Gasteiger partial charge >= 0.3 is 0 Å². The van der Waals surface area contributed by atoms with Gasteiger partial charge < -0.3 is 16.0 Å². The zero-order valence-electron chi connectivity index (χ0n) is 11.0. The van der Waals surface area contributed by atoms with E-state index in [0.29, 0.717) is 12.1 Å². The molecule has 0 bridgehead atoms. The van der Waals surface area contributed by atoms with E-state index in [-0.39, 0.29) is 11.4 Å². The second-order valence-electron chi connectivity index (χ2n) is 5.52. The Morgan fingerprint density at radius 1 is 1.47 bits per heavy atom. The molecule has 3 unspecified atom stereocenters. The van der Waals surface area contributed by atoms with Gasteiger partial charge in [-0.3, -0.25) is 4.79 Å². The minimum absolute atomic E-state index is 0.219. The van der Waals surface area contributed by atoms with Gasteiger partial charge in [-0.1, -0.05) is 6.92 Å². The fourth-order valence-electron chi connectivity index (χ4n) is 3.05. The molecule has 3 atom stereocenters. The summed E-state index contributed by atoms with van der Waals surface area (Å²) in [6.45, 7) is 6.27. The quantitative estimate of drug-likeness (QED) is 0.682. The minimum atomic E-state index is -0.284. The van der Waals surface area contributed by atoms with Crippen LogP contribution in [-0.2, 0) is 4.79 Å². The van der Waals surface area contributed by atoms with E-state index in [0.717, 1.165) is 45.2 Å². The summed E-state index contributed by atoms with van der Waals surface area (Å²) in [4.78, 5) is 12.4. The van der Waals surface area contributed by atoms with Crippen LogP contribution in [0.4, 0.5) is 0 Å². The standard InChI is InChI=1S/C13H25N3O/c1-3-13(6-4-7-15-13)12(17)16-11-5-8-14-10(2)9-11/h10-11,14-15H,3-9H2,1-2H3,(H,16,17). The van der Waals surface area contributed by atoms with Gasteiger partial charge in [-0.15, -0.1) is 0 Å². The van der Waals surface area contributed by atoms with Gasteiger partial charge in [0.15, 0.2) is 0 Å². The molecule has 2 aliphatic rings. The van der Waals surface area contributed by atoms with E-state index in [1.54, 1.807) is 0 Å². The maximum absolute atomic E-state index is 12.4. The summed E-state index contributed by atoms with van der Waals surface area (Å²) < 4.78 is 0. The third-order valence-corrected chi connectivity index (χ3v) is 4.24. The number of carbonyl (C=O) groups excluding carboxylic acids is 1. The molecule has 0 saturated carbocycles. The Hall–Kier alpha value is -0.610. The Balaban J connectivity index is 1.91. The predicted molar refractivity (Wildman–Crippen MR) is 68.9 cm³/mol. The van der Waals surface area contributed by atoms with Crippen LogP contribution in [-0.4, -0.2) is 36.6 Å². The molecular weight excluding hydrogens is 214 g/mol. The van der Waals surface area contributed by atoms with Gasteiger partial charge in [0.25, 0.3) is 0 Å². The van der Waals surface area contributed by atoms with Gasteiger partial charge in [0.1, 0.15) is 0 Å². The highest BCUT2D eigenvalue weighted by molar-refractivity contribution is 5.86. The number of rotatable bonds is 3. The van der Waals surface area contributed by atoms with Crippen LogP contribution < -0.4 is 16.0 Å². The highest BCUT2D eigenvalue weighted by atomic mass is 16.2. The number of hydrogen-bond acceptors (Lipinski definition) is 3. The third kappa shape index (κ3) is 2.80. The van der Waals surface area contributed by atoms with Crippen LogP contribution in [0, 0.1) is 0 Å². The van der Waals surface area contributed by atoms with Crippen molar-refractivity contribution in [2.75, 3.05) is 13.1 Å². The molecule has 0 aromatic carbocycles. The lowest BCUT2D eigenvalue weighted by Gasteiger charge is -2.33. The molecular formula is C13H25N3O. The van der Waals surface area contributed by atoms with E-state index in [2.05, 4.69) is 29.8 Å². The first-order valence-corrected chi connectivity index (χ1v) is 6.95. The average molecular weight is 239 g/mol. The molecule has 2 saturated heterocycles. The second kappa shape index (κ2) is 5.36. The summed E-state index contributed by atoms with van der Waals surface area (Å²) >= 11 is 0. The Kier molecular flexibility index (Phi) is 4.05. The molecule has 4 heteroatoms. The van der Waals surface area contributed by atoms with Gasteiger partial charge in [0.05, 0.1) is 5.54 Å². The van der Waals surface area contributed by atoms with Crippen LogP contribution in [0.25, 0.3) is 0 Å². The molecule has 2 heterocycles. The van der Waals surface area contributed by atoms with Crippen LogP contribution in [0.3, 0.4) is 0 Å². The minimum Gasteiger partial charge on any atom is -0.352 e. The number of hydrogen-bond donors (Lipinski definition) is 3. The van der Waals surface area contributed by atoms with Crippen molar-refractivity contribution in [3.05, 3.63) is 0 Å². The summed E-state index contributed by atoms with van der Waals surface area (Å²) in [7, 11) is 0. The smallest absolute Gasteiger partial charge is 0.240 e. The first-order chi connectivity index (χ1) is 8.16. The van der Waals surface area contributed by atoms with E-state index < -0.39 is 0 Å². The highest BCUT2D eigenvalue weighted by Gasteiger charge is 2.40. The molecule has 0 aromatic heterocycles. The SMILES string of the molecule is CCC1(C(=O)NC2CCNC(C)C2)CCCN1. The van der Waals surface area contributed by atoms with Crippen molar-refractivity contribution in [3.8, 4) is 0 Å². The molecule has 2 fully saturated rings. The molecule has 4 nitrogen and oxygen atoms in total. The van der Waals surface area contributed by atoms with Crippen LogP contribution in [0.5, 0.6) is 0 Å². The zero-order valence-corrected chi connectivity index (χ0v) is 11.0. The number of nitrogens with one attached hydrogen (secondary N) is 3. The monoisotopic (exact) mass is 239 g/mol. The summed E-state index contributed by atoms with van der Waals surface area (Å²) in [6.07, 6.45) is 5.08. The van der Waals surface area contributed by atoms with E-state index in [9.17, 15) is 4.79 Å². The Labute approximate surface area is 104 Å². The topological polar surface area (TPSA) is 53.2 Å². The molecule has 17 heavy (non-hydrogen) atoms. The molecule has 0 aliphatic carbocycles. The molecule has 2 aliphatic heterocycles. The van der Waals surface area contributed by atoms with Crippen LogP contribution in [0.2, 0.25) is 0 Å². The first-order valence-electron chi connectivity index (χ1n) is 6.95. The number of carbonyl (C=O) groups is 1. The second-order valence-corrected chi connectivity index (χ2v) is 5.52. The molecule has 3 N–H and O–H groups in total. The van der Waals surface area contributed by atoms with Crippen molar-refractivity contribution in [1.82, 2.24) is 16.0 Å². The van der Waals surface area contributed by atoms with E-state index >= 15 is 0 Å². The molecule has 0 spiro atoms. The summed E-state index contributed by atoms with van der Waals surface area (Å²) in [5.74, 6) is 0.219. The summed E-state index contributed by atoms with van der Waals surface area (Å²) in [5.41, 5.74) is -0.284. The largest absolute Gasteiger partial charge is 0.352 e. The Morgan fingerprint density at radius 3 is 2.88 bits per heavy atom. The lowest BCUT2D eigenvalue weighted by Crippen LogP contribution is -2.57. The molecule has 98 valence electrons. The summed E-state index contributed by atoms with van der Waals surface area (Å²) in [6, 6.07) is 0.868. The van der Waals surface area contributed by atoms with Gasteiger partial charge in [0, 0.05) is 12.1 Å². The van der Waals surface area contributed by atoms with Crippen molar-refractivity contribution in [1.29, 1.82) is 0 Å². The predicted octanol–water partition coefficient (Wildman–Crippen LogP) is 0.775. The average Bonchev–Trinajstić information content (AvgIpc) is 2.78. The van der Waals surface area contributed by atoms with Crippen molar-refractivity contribution in [3.63, 3.8) is 0 Å². The molecule has 0 aromatic rings. The lowest BCUT2D eigenvalue weighted by molar-refractivity contribution is -0.128. The zero-order chi connectivity index (χ0) is 12.3. The molecule has 2 rings (SSSR count). The van der Waals surface area contributed by atoms with Gasteiger partial charge in [-0.25, -0.2) is 0 Å². The van der Waals surface area contributed by atoms with Crippen LogP contribution in [0.1, 0.15) is 46.0 Å². The summed E-state index contributed by atoms with van der Waals surface area (Å²) in [5, 5.41) is 10.0. The van der Waals surface area contributed by atoms with Gasteiger partial charge in [-0.2, -0.15) is 0 Å². The van der Waals surface area contributed by atoms with Crippen LogP contribution >= 0.6 is 0 Å². The maximum atomic E-state index is 12.4. The Morgan fingerprint density at radius 2 is 2.29 bits per heavy atom. The fourth-order valence-corrected chi connectivity index (χ4v) is 3.05. The maximum Gasteiger partial charge on any atom is 0.240 e. The fraction of sp³-hybridized carbons (Fsp3) is 0.923. The van der Waals surface area contributed by atoms with E-state index in [1.165, 1.54) is 0 Å². The molecule has 1 amide bonds. The van der Waals surface area contributed by atoms with Crippen molar-refractivity contribution >= 4 is 5.91 Å². The number of amides is 1. The normalized spacial score (nSPS) is 38.0. The van der Waals surface area contributed by atoms with E-state index in [1.807, 2.05) is 0 Å². The number of piperidine rings is 1. The van der Waals surface area contributed by atoms with Gasteiger partial charge in [-0.05, 0) is 52.1 Å². The van der Waals surface area contributed by atoms with Crippen molar-refractivity contribution < 1.29 is 4.79 Å². The van der Waals surface area contributed by atoms with Gasteiger partial charge in [0.2, 0.25) is 5.91 Å². The molecule has 0 radical (unpaired) electrons. The Bertz CT molecular complexity index is 274. The third-order valence-electron chi connectivity index (χ3n) is 4.24. The first kappa shape index (κ1) is 12.8. The highest BCUT2D eigenvalue weighted by Crippen LogP contribution is 2.23. The van der Waals surface area contributed by atoms with Crippen LogP contribution in [0.15, 0.2) is 0 Å².